The van der Waals surface area contributed by atoms with E-state index in [1.807, 2.05) is 12.1 Å². The third kappa shape index (κ3) is 7.59. The van der Waals surface area contributed by atoms with Crippen LogP contribution in [0, 0.1) is 0 Å². The van der Waals surface area contributed by atoms with Gasteiger partial charge in [-0.25, -0.2) is 0 Å². The number of guanidine groups is 1. The fraction of sp³-hybridized carbons (Fsp3) is 0.522. The number of aliphatic imine (C=N–C) groups is 1. The Labute approximate surface area is 198 Å². The van der Waals surface area contributed by atoms with Crippen molar-refractivity contribution >= 4 is 29.9 Å². The second kappa shape index (κ2) is 13.0. The highest BCUT2D eigenvalue weighted by Crippen LogP contribution is 2.19. The van der Waals surface area contributed by atoms with Gasteiger partial charge >= 0.3 is 0 Å². The van der Waals surface area contributed by atoms with Crippen LogP contribution in [0.1, 0.15) is 37.1 Å². The number of piperidine rings is 1. The monoisotopic (exact) mass is 525 g/mol. The van der Waals surface area contributed by atoms with Crippen LogP contribution in [0.15, 0.2) is 58.1 Å². The first kappa shape index (κ1) is 24.7. The minimum Gasteiger partial charge on any atom is -0.468 e. The molecule has 2 heterocycles. The van der Waals surface area contributed by atoms with E-state index < -0.39 is 0 Å². The second-order valence-corrected chi connectivity index (χ2v) is 7.89. The molecule has 0 aliphatic carbocycles. The molecule has 1 unspecified atom stereocenters. The summed E-state index contributed by atoms with van der Waals surface area (Å²) < 4.78 is 5.60. The fourth-order valence-electron chi connectivity index (χ4n) is 3.76. The molecule has 7 heteroatoms. The third-order valence-electron chi connectivity index (χ3n) is 5.44. The standard InChI is InChI=1S/C23H35N5O.HI/c1-4-24-23(25-17-21(27(2)3)22-11-8-16-29-22)26-20-12-14-28(15-13-20)18-19-9-6-5-7-10-19;/h5-11,16,20-21H,4,12-15,17-18H2,1-3H3,(H2,24,25,26);1H. The fourth-order valence-corrected chi connectivity index (χ4v) is 3.76. The molecule has 2 N–H and O–H groups in total. The van der Waals surface area contributed by atoms with Crippen molar-refractivity contribution in [3.8, 4) is 0 Å². The van der Waals surface area contributed by atoms with Gasteiger partial charge in [0.15, 0.2) is 5.96 Å². The van der Waals surface area contributed by atoms with Crippen LogP contribution in [-0.4, -0.2) is 62.1 Å². The van der Waals surface area contributed by atoms with Gasteiger partial charge in [-0.2, -0.15) is 0 Å². The summed E-state index contributed by atoms with van der Waals surface area (Å²) in [7, 11) is 4.12. The zero-order chi connectivity index (χ0) is 20.5. The molecular weight excluding hydrogens is 489 g/mol. The Morgan fingerprint density at radius 2 is 1.90 bits per heavy atom. The van der Waals surface area contributed by atoms with Crippen LogP contribution in [0.4, 0.5) is 0 Å². The Morgan fingerprint density at radius 1 is 1.17 bits per heavy atom. The summed E-state index contributed by atoms with van der Waals surface area (Å²) in [5.74, 6) is 1.84. The number of hydrogen-bond acceptors (Lipinski definition) is 4. The Morgan fingerprint density at radius 3 is 2.50 bits per heavy atom. The molecule has 1 fully saturated rings. The van der Waals surface area contributed by atoms with E-state index in [0.29, 0.717) is 12.6 Å². The molecule has 3 rings (SSSR count). The van der Waals surface area contributed by atoms with Crippen LogP contribution in [0.5, 0.6) is 0 Å². The van der Waals surface area contributed by atoms with Crippen molar-refractivity contribution in [3.05, 3.63) is 60.1 Å². The number of likely N-dealkylation sites (N-methyl/N-ethyl adjacent to an activating group) is 1. The van der Waals surface area contributed by atoms with Crippen molar-refractivity contribution in [3.63, 3.8) is 0 Å². The molecule has 6 nitrogen and oxygen atoms in total. The largest absolute Gasteiger partial charge is 0.468 e. The van der Waals surface area contributed by atoms with Crippen LogP contribution in [0.2, 0.25) is 0 Å². The van der Waals surface area contributed by atoms with Crippen molar-refractivity contribution in [2.45, 2.75) is 38.4 Å². The molecule has 1 atom stereocenters. The van der Waals surface area contributed by atoms with E-state index in [-0.39, 0.29) is 30.0 Å². The molecule has 1 aromatic carbocycles. The van der Waals surface area contributed by atoms with Gasteiger partial charge in [0.1, 0.15) is 5.76 Å². The highest BCUT2D eigenvalue weighted by Gasteiger charge is 2.21. The summed E-state index contributed by atoms with van der Waals surface area (Å²) in [5.41, 5.74) is 1.39. The van der Waals surface area contributed by atoms with E-state index >= 15 is 0 Å². The number of likely N-dealkylation sites (tertiary alicyclic amines) is 1. The first-order valence-electron chi connectivity index (χ1n) is 10.7. The number of furan rings is 1. The Hall–Kier alpha value is -1.58. The number of rotatable bonds is 8. The summed E-state index contributed by atoms with van der Waals surface area (Å²) in [5, 5.41) is 7.04. The molecule has 1 saturated heterocycles. The topological polar surface area (TPSA) is 56.0 Å². The molecular formula is C23H36IN5O. The smallest absolute Gasteiger partial charge is 0.191 e. The molecule has 166 valence electrons. The summed E-state index contributed by atoms with van der Waals surface area (Å²) >= 11 is 0. The number of halogens is 1. The number of nitrogens with one attached hydrogen (secondary N) is 2. The Bertz CT molecular complexity index is 727. The third-order valence-corrected chi connectivity index (χ3v) is 5.44. The van der Waals surface area contributed by atoms with Crippen molar-refractivity contribution in [2.24, 2.45) is 4.99 Å². The lowest BCUT2D eigenvalue weighted by atomic mass is 10.0. The van der Waals surface area contributed by atoms with Crippen molar-refractivity contribution in [1.29, 1.82) is 0 Å². The van der Waals surface area contributed by atoms with Crippen LogP contribution >= 0.6 is 24.0 Å². The van der Waals surface area contributed by atoms with Gasteiger partial charge < -0.3 is 15.1 Å². The summed E-state index contributed by atoms with van der Waals surface area (Å²) in [6.45, 7) is 6.87. The molecule has 0 radical (unpaired) electrons. The Kier molecular flexibility index (Phi) is 10.7. The average Bonchev–Trinajstić information content (AvgIpc) is 3.25. The van der Waals surface area contributed by atoms with E-state index in [2.05, 4.69) is 71.8 Å². The number of hydrogen-bond donors (Lipinski definition) is 2. The van der Waals surface area contributed by atoms with Crippen LogP contribution in [0.3, 0.4) is 0 Å². The zero-order valence-electron chi connectivity index (χ0n) is 18.4. The van der Waals surface area contributed by atoms with Gasteiger partial charge in [-0.1, -0.05) is 30.3 Å². The van der Waals surface area contributed by atoms with Crippen LogP contribution < -0.4 is 10.6 Å². The van der Waals surface area contributed by atoms with E-state index in [1.165, 1.54) is 5.56 Å². The average molecular weight is 525 g/mol. The maximum atomic E-state index is 5.60. The summed E-state index contributed by atoms with van der Waals surface area (Å²) in [4.78, 5) is 9.54. The van der Waals surface area contributed by atoms with Crippen molar-refractivity contribution in [1.82, 2.24) is 20.4 Å². The summed E-state index contributed by atoms with van der Waals surface area (Å²) in [6.07, 6.45) is 3.99. The zero-order valence-corrected chi connectivity index (χ0v) is 20.7. The predicted octanol–water partition coefficient (Wildman–Crippen LogP) is 3.72. The van der Waals surface area contributed by atoms with Crippen molar-refractivity contribution < 1.29 is 4.42 Å². The lowest BCUT2D eigenvalue weighted by Crippen LogP contribution is -2.48. The number of nitrogens with zero attached hydrogens (tertiary/aromatic N) is 3. The van der Waals surface area contributed by atoms with Gasteiger partial charge in [-0.15, -0.1) is 24.0 Å². The molecule has 30 heavy (non-hydrogen) atoms. The van der Waals surface area contributed by atoms with Gasteiger partial charge in [0.25, 0.3) is 0 Å². The SMILES string of the molecule is CCNC(=NCC(c1ccco1)N(C)C)NC1CCN(Cc2ccccc2)CC1.I. The molecule has 0 amide bonds. The predicted molar refractivity (Wildman–Crippen MR) is 134 cm³/mol. The van der Waals surface area contributed by atoms with E-state index in [0.717, 1.165) is 50.7 Å². The lowest BCUT2D eigenvalue weighted by Gasteiger charge is -2.33. The molecule has 1 aromatic heterocycles. The minimum absolute atomic E-state index is 0. The van der Waals surface area contributed by atoms with Gasteiger partial charge in [0.05, 0.1) is 18.8 Å². The first-order chi connectivity index (χ1) is 14.2. The molecule has 1 aliphatic heterocycles. The van der Waals surface area contributed by atoms with Gasteiger partial charge in [0, 0.05) is 32.2 Å². The van der Waals surface area contributed by atoms with Gasteiger partial charge in [0.2, 0.25) is 0 Å². The van der Waals surface area contributed by atoms with Crippen molar-refractivity contribution in [2.75, 3.05) is 40.3 Å². The molecule has 0 bridgehead atoms. The van der Waals surface area contributed by atoms with Gasteiger partial charge in [-0.05, 0) is 51.6 Å². The highest BCUT2D eigenvalue weighted by molar-refractivity contribution is 14.0. The molecule has 1 aliphatic rings. The lowest BCUT2D eigenvalue weighted by molar-refractivity contribution is 0.198. The van der Waals surface area contributed by atoms with E-state index in [4.69, 9.17) is 9.41 Å². The normalized spacial score (nSPS) is 16.9. The quantitative estimate of drug-likeness (QED) is 0.313. The first-order valence-corrected chi connectivity index (χ1v) is 10.7. The maximum Gasteiger partial charge on any atom is 0.191 e. The minimum atomic E-state index is 0. The molecule has 2 aromatic rings. The summed E-state index contributed by atoms with van der Waals surface area (Å²) in [6, 6.07) is 15.3. The molecule has 0 spiro atoms. The van der Waals surface area contributed by atoms with Gasteiger partial charge in [-0.3, -0.25) is 14.8 Å². The highest BCUT2D eigenvalue weighted by atomic mass is 127. The van der Waals surface area contributed by atoms with Crippen LogP contribution in [-0.2, 0) is 6.54 Å². The Balaban J connectivity index is 0.00000320. The maximum absolute atomic E-state index is 5.60. The number of benzene rings is 1. The van der Waals surface area contributed by atoms with Crippen LogP contribution in [0.25, 0.3) is 0 Å². The molecule has 0 saturated carbocycles. The van der Waals surface area contributed by atoms with E-state index in [9.17, 15) is 0 Å². The second-order valence-electron chi connectivity index (χ2n) is 7.89. The van der Waals surface area contributed by atoms with E-state index in [1.54, 1.807) is 6.26 Å².